The van der Waals surface area contributed by atoms with E-state index in [4.69, 9.17) is 0 Å². The van der Waals surface area contributed by atoms with E-state index in [9.17, 15) is 0 Å². The second-order valence-electron chi connectivity index (χ2n) is 17.8. The van der Waals surface area contributed by atoms with E-state index in [1.165, 1.54) is 109 Å². The van der Waals surface area contributed by atoms with Crippen LogP contribution in [0.25, 0.3) is 86.6 Å². The molecule has 0 aliphatic heterocycles. The number of hydrogen-bond acceptors (Lipinski definition) is 2. The summed E-state index contributed by atoms with van der Waals surface area (Å²) in [5, 5.41) is 5.02. The van der Waals surface area contributed by atoms with Gasteiger partial charge in [-0.15, -0.1) is 11.3 Å². The van der Waals surface area contributed by atoms with Gasteiger partial charge in [-0.2, -0.15) is 0 Å². The van der Waals surface area contributed by atoms with Crippen molar-refractivity contribution in [1.29, 1.82) is 0 Å². The molecule has 0 saturated carbocycles. The molecule has 2 aliphatic carbocycles. The lowest BCUT2D eigenvalue weighted by Gasteiger charge is -2.32. The molecule has 0 amide bonds. The molecule has 67 heavy (non-hydrogen) atoms. The zero-order chi connectivity index (χ0) is 44.1. The Kier molecular flexibility index (Phi) is 8.44. The molecule has 1 nitrogen and oxygen atoms in total. The van der Waals surface area contributed by atoms with Crippen LogP contribution in [0.1, 0.15) is 22.3 Å². The first-order valence-electron chi connectivity index (χ1n) is 23.2. The lowest BCUT2D eigenvalue weighted by Crippen LogP contribution is -2.26. The summed E-state index contributed by atoms with van der Waals surface area (Å²) in [7, 11) is 0. The van der Waals surface area contributed by atoms with Gasteiger partial charge in [0.15, 0.2) is 0 Å². The van der Waals surface area contributed by atoms with Crippen LogP contribution in [0.4, 0.5) is 17.1 Å². The standard InChI is InChI=1S/C65H41NS/c1-3-18-43(19-4-1)49-29-16-30-54-62-60(41-40-50(64(62)67-63(49)54)44-20-5-2-6-21-44)66(46-38-36-45(37-39-46)48-28-15-23-42-22-7-8-24-47(42)48)59-35-17-34-58-61(59)53-27-11-14-33-57(53)65(58)55-31-12-9-25-51(55)52-26-10-13-32-56(52)65/h1-41H. The number of thiophene rings is 1. The highest BCUT2D eigenvalue weighted by Crippen LogP contribution is 2.65. The predicted octanol–water partition coefficient (Wildman–Crippen LogP) is 18.0. The maximum Gasteiger partial charge on any atom is 0.0726 e. The van der Waals surface area contributed by atoms with Gasteiger partial charge >= 0.3 is 0 Å². The SMILES string of the molecule is c1ccc(-c2cccc3c2sc2c(-c4ccccc4)ccc(N(c4ccc(-c5cccc6ccccc56)cc4)c4cccc5c4-c4ccccc4C54c5ccccc5-c5ccccc54)c23)cc1. The second-order valence-corrected chi connectivity index (χ2v) is 18.9. The third-order valence-corrected chi connectivity index (χ3v) is 15.8. The molecular weight excluding hydrogens is 827 g/mol. The summed E-state index contributed by atoms with van der Waals surface area (Å²) in [5.41, 5.74) is 20.8. The van der Waals surface area contributed by atoms with Gasteiger partial charge in [0, 0.05) is 31.4 Å². The summed E-state index contributed by atoms with van der Waals surface area (Å²) in [6, 6.07) is 92.5. The lowest BCUT2D eigenvalue weighted by atomic mass is 9.70. The molecule has 0 fully saturated rings. The van der Waals surface area contributed by atoms with Crippen LogP contribution in [-0.4, -0.2) is 0 Å². The molecular formula is C65H41NS. The molecule has 312 valence electrons. The monoisotopic (exact) mass is 867 g/mol. The number of rotatable bonds is 6. The molecule has 0 radical (unpaired) electrons. The summed E-state index contributed by atoms with van der Waals surface area (Å²) in [6.45, 7) is 0. The highest BCUT2D eigenvalue weighted by atomic mass is 32.1. The van der Waals surface area contributed by atoms with Crippen molar-refractivity contribution >= 4 is 59.3 Å². The smallest absolute Gasteiger partial charge is 0.0726 e. The Hall–Kier alpha value is -8.30. The second kappa shape index (κ2) is 14.9. The van der Waals surface area contributed by atoms with Crippen LogP contribution in [0, 0.1) is 0 Å². The van der Waals surface area contributed by atoms with Gasteiger partial charge in [-0.1, -0.05) is 224 Å². The molecule has 1 aromatic heterocycles. The third kappa shape index (κ3) is 5.48. The molecule has 11 aromatic carbocycles. The van der Waals surface area contributed by atoms with Crippen LogP contribution in [0.3, 0.4) is 0 Å². The Labute approximate surface area is 394 Å². The van der Waals surface area contributed by atoms with Crippen molar-refractivity contribution in [2.75, 3.05) is 4.90 Å². The van der Waals surface area contributed by atoms with Crippen molar-refractivity contribution in [3.05, 3.63) is 271 Å². The summed E-state index contributed by atoms with van der Waals surface area (Å²) < 4.78 is 2.57. The van der Waals surface area contributed by atoms with Crippen LogP contribution >= 0.6 is 11.3 Å². The van der Waals surface area contributed by atoms with Gasteiger partial charge in [-0.3, -0.25) is 0 Å². The third-order valence-electron chi connectivity index (χ3n) is 14.5. The molecule has 0 atom stereocenters. The van der Waals surface area contributed by atoms with E-state index in [0.29, 0.717) is 0 Å². The highest BCUT2D eigenvalue weighted by molar-refractivity contribution is 7.27. The summed E-state index contributed by atoms with van der Waals surface area (Å²) in [5.74, 6) is 0. The van der Waals surface area contributed by atoms with Crippen molar-refractivity contribution in [3.63, 3.8) is 0 Å². The molecule has 14 rings (SSSR count). The normalized spacial score (nSPS) is 12.9. The van der Waals surface area contributed by atoms with Gasteiger partial charge in [0.1, 0.15) is 0 Å². The Bertz CT molecular complexity index is 3870. The molecule has 0 unspecified atom stereocenters. The first-order valence-corrected chi connectivity index (χ1v) is 24.0. The van der Waals surface area contributed by atoms with E-state index in [0.717, 1.165) is 17.1 Å². The molecule has 0 N–H and O–H groups in total. The fraction of sp³-hybridized carbons (Fsp3) is 0.0154. The van der Waals surface area contributed by atoms with Crippen LogP contribution in [0.2, 0.25) is 0 Å². The largest absolute Gasteiger partial charge is 0.309 e. The number of anilines is 3. The van der Waals surface area contributed by atoms with E-state index in [1.807, 2.05) is 11.3 Å². The number of nitrogens with zero attached hydrogens (tertiary/aromatic N) is 1. The number of benzene rings is 11. The van der Waals surface area contributed by atoms with Crippen molar-refractivity contribution in [2.24, 2.45) is 0 Å². The Morgan fingerprint density at radius 2 is 0.791 bits per heavy atom. The van der Waals surface area contributed by atoms with Crippen LogP contribution in [0.15, 0.2) is 249 Å². The molecule has 12 aromatic rings. The zero-order valence-electron chi connectivity index (χ0n) is 36.5. The average Bonchev–Trinajstić information content (AvgIpc) is 4.05. The van der Waals surface area contributed by atoms with Crippen LogP contribution < -0.4 is 4.90 Å². The number of hydrogen-bond donors (Lipinski definition) is 0. The molecule has 1 heterocycles. The van der Waals surface area contributed by atoms with Gasteiger partial charge in [0.05, 0.1) is 16.8 Å². The quantitative estimate of drug-likeness (QED) is 0.161. The first-order chi connectivity index (χ1) is 33.3. The summed E-state index contributed by atoms with van der Waals surface area (Å²) in [4.78, 5) is 2.58. The average molecular weight is 868 g/mol. The summed E-state index contributed by atoms with van der Waals surface area (Å²) >= 11 is 1.91. The van der Waals surface area contributed by atoms with E-state index < -0.39 is 5.41 Å². The topological polar surface area (TPSA) is 3.24 Å². The molecule has 2 aliphatic rings. The predicted molar refractivity (Wildman–Crippen MR) is 284 cm³/mol. The molecule has 0 bridgehead atoms. The van der Waals surface area contributed by atoms with Crippen molar-refractivity contribution < 1.29 is 0 Å². The van der Waals surface area contributed by atoms with Gasteiger partial charge in [-0.25, -0.2) is 0 Å². The maximum absolute atomic E-state index is 2.58. The van der Waals surface area contributed by atoms with E-state index in [2.05, 4.69) is 254 Å². The van der Waals surface area contributed by atoms with Crippen molar-refractivity contribution in [3.8, 4) is 55.6 Å². The van der Waals surface area contributed by atoms with E-state index in [-0.39, 0.29) is 0 Å². The summed E-state index contributed by atoms with van der Waals surface area (Å²) in [6.07, 6.45) is 0. The first kappa shape index (κ1) is 38.0. The van der Waals surface area contributed by atoms with Crippen LogP contribution in [0.5, 0.6) is 0 Å². The zero-order valence-corrected chi connectivity index (χ0v) is 37.3. The van der Waals surface area contributed by atoms with Gasteiger partial charge in [-0.05, 0) is 107 Å². The fourth-order valence-electron chi connectivity index (χ4n) is 11.7. The maximum atomic E-state index is 2.58. The van der Waals surface area contributed by atoms with Crippen LogP contribution in [-0.2, 0) is 5.41 Å². The number of fused-ring (bicyclic) bond motifs is 14. The van der Waals surface area contributed by atoms with E-state index >= 15 is 0 Å². The Morgan fingerprint density at radius 1 is 0.299 bits per heavy atom. The Balaban J connectivity index is 1.08. The molecule has 2 heteroatoms. The van der Waals surface area contributed by atoms with Gasteiger partial charge in [0.2, 0.25) is 0 Å². The van der Waals surface area contributed by atoms with E-state index in [1.54, 1.807) is 0 Å². The van der Waals surface area contributed by atoms with Crippen molar-refractivity contribution in [1.82, 2.24) is 0 Å². The minimum Gasteiger partial charge on any atom is -0.309 e. The van der Waals surface area contributed by atoms with Gasteiger partial charge in [0.25, 0.3) is 0 Å². The van der Waals surface area contributed by atoms with Gasteiger partial charge < -0.3 is 4.90 Å². The fourth-order valence-corrected chi connectivity index (χ4v) is 13.1. The molecule has 0 saturated heterocycles. The van der Waals surface area contributed by atoms with Crippen molar-refractivity contribution in [2.45, 2.75) is 5.41 Å². The molecule has 1 spiro atoms. The minimum atomic E-state index is -0.467. The minimum absolute atomic E-state index is 0.467. The highest BCUT2D eigenvalue weighted by Gasteiger charge is 2.52. The Morgan fingerprint density at radius 3 is 1.51 bits per heavy atom. The lowest BCUT2D eigenvalue weighted by molar-refractivity contribution is 0.794.